The minimum atomic E-state index is 0.276. The highest BCUT2D eigenvalue weighted by molar-refractivity contribution is 5.78. The van der Waals surface area contributed by atoms with E-state index in [0.29, 0.717) is 6.04 Å². The third kappa shape index (κ3) is 1.45. The second kappa shape index (κ2) is 3.25. The molecule has 1 amide bonds. The lowest BCUT2D eigenvalue weighted by molar-refractivity contribution is -0.119. The average molecular weight is 193 g/mol. The van der Waals surface area contributed by atoms with Crippen molar-refractivity contribution in [2.24, 2.45) is 17.8 Å². The Morgan fingerprint density at radius 3 is 2.71 bits per heavy atom. The zero-order valence-corrected chi connectivity index (χ0v) is 8.67. The van der Waals surface area contributed by atoms with E-state index in [4.69, 9.17) is 0 Å². The van der Waals surface area contributed by atoms with Crippen LogP contribution in [0, 0.1) is 17.8 Å². The summed E-state index contributed by atoms with van der Waals surface area (Å²) >= 11 is 0. The summed E-state index contributed by atoms with van der Waals surface area (Å²) in [5.74, 6) is 3.27. The summed E-state index contributed by atoms with van der Waals surface area (Å²) in [6.45, 7) is 0. The van der Waals surface area contributed by atoms with Gasteiger partial charge in [0, 0.05) is 12.5 Å². The maximum absolute atomic E-state index is 11.1. The Kier molecular flexibility index (Phi) is 2.03. The molecule has 3 aliphatic rings. The van der Waals surface area contributed by atoms with Gasteiger partial charge in [-0.15, -0.1) is 0 Å². The Bertz CT molecular complexity index is 251. The summed E-state index contributed by atoms with van der Waals surface area (Å²) in [6, 6.07) is 0.520. The largest absolute Gasteiger partial charge is 0.353 e. The molecule has 2 heteroatoms. The van der Waals surface area contributed by atoms with E-state index < -0.39 is 0 Å². The van der Waals surface area contributed by atoms with E-state index in [1.807, 2.05) is 0 Å². The lowest BCUT2D eigenvalue weighted by atomic mass is 9.84. The Balaban J connectivity index is 1.55. The van der Waals surface area contributed by atoms with Gasteiger partial charge in [-0.2, -0.15) is 0 Å². The maximum Gasteiger partial charge on any atom is 0.220 e. The molecule has 0 aromatic carbocycles. The maximum atomic E-state index is 11.1. The molecule has 0 spiro atoms. The van der Waals surface area contributed by atoms with Crippen LogP contribution in [0.2, 0.25) is 0 Å². The Hall–Kier alpha value is -0.530. The van der Waals surface area contributed by atoms with Gasteiger partial charge in [0.25, 0.3) is 0 Å². The molecule has 2 saturated carbocycles. The minimum absolute atomic E-state index is 0.276. The van der Waals surface area contributed by atoms with E-state index >= 15 is 0 Å². The van der Waals surface area contributed by atoms with Crippen LogP contribution in [-0.4, -0.2) is 11.9 Å². The van der Waals surface area contributed by atoms with Crippen LogP contribution >= 0.6 is 0 Å². The number of amides is 1. The number of carbonyl (C=O) groups excluding carboxylic acids is 1. The second-order valence-corrected chi connectivity index (χ2v) is 5.47. The lowest BCUT2D eigenvalue weighted by Crippen LogP contribution is -2.29. The van der Waals surface area contributed by atoms with E-state index in [0.717, 1.165) is 30.6 Å². The van der Waals surface area contributed by atoms with Gasteiger partial charge in [0.05, 0.1) is 0 Å². The fourth-order valence-electron chi connectivity index (χ4n) is 3.88. The quantitative estimate of drug-likeness (QED) is 0.715. The molecule has 4 unspecified atom stereocenters. The first-order chi connectivity index (χ1) is 6.81. The molecular formula is C12H19NO. The zero-order valence-electron chi connectivity index (χ0n) is 8.67. The van der Waals surface area contributed by atoms with E-state index in [1.165, 1.54) is 32.1 Å². The van der Waals surface area contributed by atoms with Crippen LogP contribution in [0.5, 0.6) is 0 Å². The van der Waals surface area contributed by atoms with Gasteiger partial charge in [-0.1, -0.05) is 6.42 Å². The molecule has 4 atom stereocenters. The van der Waals surface area contributed by atoms with Crippen LogP contribution in [0.25, 0.3) is 0 Å². The van der Waals surface area contributed by atoms with Crippen LogP contribution < -0.4 is 5.32 Å². The molecule has 0 aromatic heterocycles. The van der Waals surface area contributed by atoms with E-state index in [2.05, 4.69) is 5.32 Å². The smallest absolute Gasteiger partial charge is 0.220 e. The van der Waals surface area contributed by atoms with Crippen molar-refractivity contribution in [3.63, 3.8) is 0 Å². The van der Waals surface area contributed by atoms with Gasteiger partial charge in [0.15, 0.2) is 0 Å². The summed E-state index contributed by atoms with van der Waals surface area (Å²) in [4.78, 5) is 11.1. The summed E-state index contributed by atoms with van der Waals surface area (Å²) in [5.41, 5.74) is 0. The highest BCUT2D eigenvalue weighted by Crippen LogP contribution is 2.50. The van der Waals surface area contributed by atoms with Crippen molar-refractivity contribution in [2.75, 3.05) is 0 Å². The van der Waals surface area contributed by atoms with Crippen molar-refractivity contribution in [1.82, 2.24) is 5.32 Å². The molecule has 3 rings (SSSR count). The highest BCUT2D eigenvalue weighted by atomic mass is 16.1. The molecule has 1 saturated heterocycles. The van der Waals surface area contributed by atoms with Crippen molar-refractivity contribution >= 4 is 5.91 Å². The minimum Gasteiger partial charge on any atom is -0.353 e. The van der Waals surface area contributed by atoms with Crippen LogP contribution in [0.1, 0.15) is 44.9 Å². The predicted molar refractivity (Wildman–Crippen MR) is 54.7 cm³/mol. The zero-order chi connectivity index (χ0) is 9.54. The van der Waals surface area contributed by atoms with Gasteiger partial charge in [0.2, 0.25) is 5.91 Å². The van der Waals surface area contributed by atoms with Gasteiger partial charge in [0.1, 0.15) is 0 Å². The van der Waals surface area contributed by atoms with Crippen molar-refractivity contribution in [2.45, 2.75) is 51.0 Å². The van der Waals surface area contributed by atoms with E-state index in [-0.39, 0.29) is 5.91 Å². The first kappa shape index (κ1) is 8.75. The molecule has 2 aliphatic carbocycles. The van der Waals surface area contributed by atoms with Gasteiger partial charge >= 0.3 is 0 Å². The van der Waals surface area contributed by atoms with Crippen molar-refractivity contribution < 1.29 is 4.79 Å². The normalized spacial score (nSPS) is 45.9. The second-order valence-electron chi connectivity index (χ2n) is 5.47. The summed E-state index contributed by atoms with van der Waals surface area (Å²) < 4.78 is 0. The van der Waals surface area contributed by atoms with Crippen LogP contribution in [0.4, 0.5) is 0 Å². The molecule has 14 heavy (non-hydrogen) atoms. The lowest BCUT2D eigenvalue weighted by Gasteiger charge is -2.24. The van der Waals surface area contributed by atoms with E-state index in [9.17, 15) is 4.79 Å². The van der Waals surface area contributed by atoms with Gasteiger partial charge in [-0.25, -0.2) is 0 Å². The van der Waals surface area contributed by atoms with Crippen molar-refractivity contribution in [1.29, 1.82) is 0 Å². The molecular weight excluding hydrogens is 174 g/mol. The molecule has 3 fully saturated rings. The monoisotopic (exact) mass is 193 g/mol. The number of rotatable bonds is 2. The van der Waals surface area contributed by atoms with Gasteiger partial charge in [-0.05, 0) is 49.9 Å². The Labute approximate surface area is 85.4 Å². The Morgan fingerprint density at radius 2 is 2.14 bits per heavy atom. The van der Waals surface area contributed by atoms with Crippen LogP contribution in [0.15, 0.2) is 0 Å². The molecule has 78 valence electrons. The van der Waals surface area contributed by atoms with Gasteiger partial charge < -0.3 is 5.32 Å². The van der Waals surface area contributed by atoms with Crippen molar-refractivity contribution in [3.05, 3.63) is 0 Å². The summed E-state index contributed by atoms with van der Waals surface area (Å²) in [5, 5.41) is 3.10. The predicted octanol–water partition coefficient (Wildman–Crippen LogP) is 2.09. The molecule has 1 aliphatic heterocycles. The molecule has 0 radical (unpaired) electrons. The summed E-state index contributed by atoms with van der Waals surface area (Å²) in [7, 11) is 0. The SMILES string of the molecule is O=C1CCC(CC2CC3CCC2C3)N1. The number of nitrogens with one attached hydrogen (secondary N) is 1. The third-order valence-electron chi connectivity index (χ3n) is 4.56. The number of fused-ring (bicyclic) bond motifs is 2. The third-order valence-corrected chi connectivity index (χ3v) is 4.56. The van der Waals surface area contributed by atoms with Gasteiger partial charge in [-0.3, -0.25) is 4.79 Å². The van der Waals surface area contributed by atoms with Crippen molar-refractivity contribution in [3.8, 4) is 0 Å². The topological polar surface area (TPSA) is 29.1 Å². The fraction of sp³-hybridized carbons (Fsp3) is 0.917. The van der Waals surface area contributed by atoms with Crippen LogP contribution in [0.3, 0.4) is 0 Å². The summed E-state index contributed by atoms with van der Waals surface area (Å²) in [6.07, 6.45) is 9.03. The van der Waals surface area contributed by atoms with Crippen LogP contribution in [-0.2, 0) is 4.79 Å². The molecule has 2 bridgehead atoms. The molecule has 2 nitrogen and oxygen atoms in total. The Morgan fingerprint density at radius 1 is 1.21 bits per heavy atom. The first-order valence-electron chi connectivity index (χ1n) is 6.10. The molecule has 0 aromatic rings. The number of hydrogen-bond acceptors (Lipinski definition) is 1. The van der Waals surface area contributed by atoms with E-state index in [1.54, 1.807) is 0 Å². The molecule has 1 heterocycles. The molecule has 1 N–H and O–H groups in total. The standard InChI is InChI=1S/C12H19NO/c14-12-4-3-11(13-12)7-10-6-8-1-2-9(10)5-8/h8-11H,1-7H2,(H,13,14). The number of carbonyl (C=O) groups is 1. The average Bonchev–Trinajstić information content (AvgIpc) is 2.82. The highest BCUT2D eigenvalue weighted by Gasteiger charge is 2.40. The number of hydrogen-bond donors (Lipinski definition) is 1. The fourth-order valence-corrected chi connectivity index (χ4v) is 3.88. The first-order valence-corrected chi connectivity index (χ1v) is 6.10.